The minimum Gasteiger partial charge on any atom is -0.313 e. The fraction of sp³-hybridized carbons (Fsp3) is 0.769. The van der Waals surface area contributed by atoms with Crippen LogP contribution in [0.3, 0.4) is 0 Å². The van der Waals surface area contributed by atoms with Crippen molar-refractivity contribution in [3.8, 4) is 0 Å². The fourth-order valence-corrected chi connectivity index (χ4v) is 2.13. The summed E-state index contributed by atoms with van der Waals surface area (Å²) in [4.78, 5) is 2.21. The SMILES string of the molecule is CCNCc1cnn(CCN(C)C)c1C1CC1. The normalized spacial score (nSPS) is 15.8. The Kier molecular flexibility index (Phi) is 4.18. The third-order valence-corrected chi connectivity index (χ3v) is 3.25. The van der Waals surface area contributed by atoms with Crippen LogP contribution in [0.5, 0.6) is 0 Å². The first kappa shape index (κ1) is 12.6. The maximum absolute atomic E-state index is 4.55. The monoisotopic (exact) mass is 236 g/mol. The maximum Gasteiger partial charge on any atom is 0.0539 e. The summed E-state index contributed by atoms with van der Waals surface area (Å²) in [5.74, 6) is 0.772. The van der Waals surface area contributed by atoms with Gasteiger partial charge in [0.2, 0.25) is 0 Å². The molecule has 1 N–H and O–H groups in total. The Balaban J connectivity index is 2.06. The zero-order chi connectivity index (χ0) is 12.3. The standard InChI is InChI=1S/C13H24N4/c1-4-14-9-12-10-15-17(8-7-16(2)3)13(12)11-5-6-11/h10-11,14H,4-9H2,1-3H3. The van der Waals surface area contributed by atoms with E-state index >= 15 is 0 Å². The van der Waals surface area contributed by atoms with Gasteiger partial charge in [0.15, 0.2) is 0 Å². The van der Waals surface area contributed by atoms with E-state index in [2.05, 4.69) is 41.0 Å². The minimum absolute atomic E-state index is 0.772. The van der Waals surface area contributed by atoms with Gasteiger partial charge in [0, 0.05) is 30.3 Å². The highest BCUT2D eigenvalue weighted by Crippen LogP contribution is 2.41. The quantitative estimate of drug-likeness (QED) is 0.777. The molecule has 4 heteroatoms. The van der Waals surface area contributed by atoms with E-state index in [0.717, 1.165) is 32.1 Å². The topological polar surface area (TPSA) is 33.1 Å². The number of hydrogen-bond acceptors (Lipinski definition) is 3. The van der Waals surface area contributed by atoms with Crippen molar-refractivity contribution in [2.75, 3.05) is 27.2 Å². The van der Waals surface area contributed by atoms with Crippen molar-refractivity contribution >= 4 is 0 Å². The summed E-state index contributed by atoms with van der Waals surface area (Å²) >= 11 is 0. The Morgan fingerprint density at radius 3 is 2.82 bits per heavy atom. The molecule has 0 spiro atoms. The molecule has 1 saturated carbocycles. The van der Waals surface area contributed by atoms with E-state index in [0.29, 0.717) is 0 Å². The van der Waals surface area contributed by atoms with Crippen molar-refractivity contribution in [2.24, 2.45) is 0 Å². The molecule has 0 atom stereocenters. The summed E-state index contributed by atoms with van der Waals surface area (Å²) in [6.07, 6.45) is 4.73. The van der Waals surface area contributed by atoms with Crippen molar-refractivity contribution in [2.45, 2.75) is 38.8 Å². The van der Waals surface area contributed by atoms with Crippen molar-refractivity contribution in [3.63, 3.8) is 0 Å². The van der Waals surface area contributed by atoms with Crippen molar-refractivity contribution in [1.82, 2.24) is 20.0 Å². The van der Waals surface area contributed by atoms with Gasteiger partial charge in [0.1, 0.15) is 0 Å². The van der Waals surface area contributed by atoms with Crippen molar-refractivity contribution in [1.29, 1.82) is 0 Å². The lowest BCUT2D eigenvalue weighted by atomic mass is 10.1. The molecule has 4 nitrogen and oxygen atoms in total. The van der Waals surface area contributed by atoms with Crippen LogP contribution in [-0.4, -0.2) is 41.9 Å². The molecule has 17 heavy (non-hydrogen) atoms. The molecule has 1 aromatic rings. The summed E-state index contributed by atoms with van der Waals surface area (Å²) in [5.41, 5.74) is 2.88. The molecule has 96 valence electrons. The molecular weight excluding hydrogens is 212 g/mol. The van der Waals surface area contributed by atoms with E-state index in [4.69, 9.17) is 0 Å². The molecule has 0 aliphatic heterocycles. The van der Waals surface area contributed by atoms with Gasteiger partial charge in [-0.25, -0.2) is 0 Å². The third kappa shape index (κ3) is 3.30. The molecule has 1 heterocycles. The lowest BCUT2D eigenvalue weighted by Crippen LogP contribution is -2.20. The minimum atomic E-state index is 0.772. The van der Waals surface area contributed by atoms with Gasteiger partial charge in [-0.05, 0) is 33.5 Å². The Labute approximate surface area is 104 Å². The van der Waals surface area contributed by atoms with E-state index in [9.17, 15) is 0 Å². The first-order valence-electron chi connectivity index (χ1n) is 6.62. The van der Waals surface area contributed by atoms with Gasteiger partial charge in [-0.2, -0.15) is 5.10 Å². The van der Waals surface area contributed by atoms with Crippen LogP contribution in [-0.2, 0) is 13.1 Å². The molecule has 0 amide bonds. The highest BCUT2D eigenvalue weighted by molar-refractivity contribution is 5.25. The molecule has 1 aliphatic rings. The summed E-state index contributed by atoms with van der Waals surface area (Å²) < 4.78 is 2.21. The zero-order valence-electron chi connectivity index (χ0n) is 11.2. The number of likely N-dealkylation sites (N-methyl/N-ethyl adjacent to an activating group) is 1. The number of nitrogens with one attached hydrogen (secondary N) is 1. The smallest absolute Gasteiger partial charge is 0.0539 e. The van der Waals surface area contributed by atoms with Crippen LogP contribution >= 0.6 is 0 Å². The summed E-state index contributed by atoms with van der Waals surface area (Å²) in [5, 5.41) is 7.95. The van der Waals surface area contributed by atoms with Crippen LogP contribution in [0.1, 0.15) is 36.9 Å². The number of nitrogens with zero attached hydrogens (tertiary/aromatic N) is 3. The van der Waals surface area contributed by atoms with E-state index in [1.807, 2.05) is 6.20 Å². The van der Waals surface area contributed by atoms with Crippen LogP contribution in [0, 0.1) is 0 Å². The van der Waals surface area contributed by atoms with E-state index in [1.54, 1.807) is 0 Å². The second-order valence-corrected chi connectivity index (χ2v) is 5.14. The Morgan fingerprint density at radius 2 is 2.24 bits per heavy atom. The fourth-order valence-electron chi connectivity index (χ4n) is 2.13. The largest absolute Gasteiger partial charge is 0.313 e. The number of hydrogen-bond donors (Lipinski definition) is 1. The highest BCUT2D eigenvalue weighted by Gasteiger charge is 2.29. The average molecular weight is 236 g/mol. The lowest BCUT2D eigenvalue weighted by Gasteiger charge is -2.12. The summed E-state index contributed by atoms with van der Waals surface area (Å²) in [7, 11) is 4.22. The Hall–Kier alpha value is -0.870. The first-order valence-corrected chi connectivity index (χ1v) is 6.62. The highest BCUT2D eigenvalue weighted by atomic mass is 15.3. The van der Waals surface area contributed by atoms with Gasteiger partial charge in [-0.15, -0.1) is 0 Å². The third-order valence-electron chi connectivity index (χ3n) is 3.25. The van der Waals surface area contributed by atoms with Crippen molar-refractivity contribution in [3.05, 3.63) is 17.5 Å². The molecule has 0 radical (unpaired) electrons. The van der Waals surface area contributed by atoms with Gasteiger partial charge in [-0.3, -0.25) is 4.68 Å². The van der Waals surface area contributed by atoms with E-state index < -0.39 is 0 Å². The molecule has 0 aromatic carbocycles. The van der Waals surface area contributed by atoms with Gasteiger partial charge in [0.05, 0.1) is 12.7 Å². The Morgan fingerprint density at radius 1 is 1.47 bits per heavy atom. The van der Waals surface area contributed by atoms with Crippen LogP contribution < -0.4 is 5.32 Å². The molecule has 0 unspecified atom stereocenters. The summed E-state index contributed by atoms with van der Waals surface area (Å²) in [6.45, 7) is 6.19. The molecule has 0 saturated heterocycles. The summed E-state index contributed by atoms with van der Waals surface area (Å²) in [6, 6.07) is 0. The number of rotatable bonds is 7. The van der Waals surface area contributed by atoms with Gasteiger partial charge in [0.25, 0.3) is 0 Å². The number of aromatic nitrogens is 2. The Bertz CT molecular complexity index is 352. The molecule has 0 bridgehead atoms. The second kappa shape index (κ2) is 5.65. The first-order chi connectivity index (χ1) is 8.22. The predicted octanol–water partition coefficient (Wildman–Crippen LogP) is 1.43. The second-order valence-electron chi connectivity index (χ2n) is 5.14. The lowest BCUT2D eigenvalue weighted by molar-refractivity contribution is 0.369. The van der Waals surface area contributed by atoms with Gasteiger partial charge in [-0.1, -0.05) is 6.92 Å². The van der Waals surface area contributed by atoms with Crippen LogP contribution in [0.4, 0.5) is 0 Å². The van der Waals surface area contributed by atoms with Gasteiger partial charge < -0.3 is 10.2 Å². The van der Waals surface area contributed by atoms with Crippen LogP contribution in [0.25, 0.3) is 0 Å². The van der Waals surface area contributed by atoms with Crippen LogP contribution in [0.15, 0.2) is 6.20 Å². The van der Waals surface area contributed by atoms with Crippen LogP contribution in [0.2, 0.25) is 0 Å². The zero-order valence-corrected chi connectivity index (χ0v) is 11.2. The molecule has 1 fully saturated rings. The van der Waals surface area contributed by atoms with E-state index in [1.165, 1.54) is 24.1 Å². The maximum atomic E-state index is 4.55. The predicted molar refractivity (Wildman–Crippen MR) is 70.1 cm³/mol. The van der Waals surface area contributed by atoms with Crippen molar-refractivity contribution < 1.29 is 0 Å². The average Bonchev–Trinajstić information content (AvgIpc) is 3.05. The molecule has 1 aliphatic carbocycles. The molecule has 2 rings (SSSR count). The van der Waals surface area contributed by atoms with Gasteiger partial charge >= 0.3 is 0 Å². The van der Waals surface area contributed by atoms with E-state index in [-0.39, 0.29) is 0 Å². The molecule has 1 aromatic heterocycles. The molecular formula is C13H24N4.